The van der Waals surface area contributed by atoms with Crippen molar-refractivity contribution in [1.82, 2.24) is 15.3 Å². The van der Waals surface area contributed by atoms with Crippen molar-refractivity contribution < 1.29 is 4.79 Å². The van der Waals surface area contributed by atoms with E-state index in [9.17, 15) is 4.79 Å². The Bertz CT molecular complexity index is 642. The number of rotatable bonds is 6. The smallest absolute Gasteiger partial charge is 0.230 e. The summed E-state index contributed by atoms with van der Waals surface area (Å²) in [7, 11) is 0. The fourth-order valence-corrected chi connectivity index (χ4v) is 3.98. The Hall–Kier alpha value is -0.790. The van der Waals surface area contributed by atoms with Crippen LogP contribution in [0.1, 0.15) is 17.4 Å². The van der Waals surface area contributed by atoms with Gasteiger partial charge in [0.15, 0.2) is 0 Å². The summed E-state index contributed by atoms with van der Waals surface area (Å²) in [5.74, 6) is 0.443. The molecule has 1 unspecified atom stereocenters. The molecule has 0 spiro atoms. The number of fused-ring (bicyclic) bond motifs is 1. The summed E-state index contributed by atoms with van der Waals surface area (Å²) in [4.78, 5) is 22.8. The third kappa shape index (κ3) is 4.11. The van der Waals surface area contributed by atoms with Crippen molar-refractivity contribution >= 4 is 51.0 Å². The fourth-order valence-electron chi connectivity index (χ4n) is 1.79. The van der Waals surface area contributed by atoms with E-state index in [0.717, 1.165) is 15.2 Å². The highest BCUT2D eigenvalue weighted by Crippen LogP contribution is 2.34. The van der Waals surface area contributed by atoms with Crippen LogP contribution >= 0.6 is 34.9 Å². The topological polar surface area (TPSA) is 54.9 Å². The number of carbonyl (C=O) groups excluding carboxylic acids is 1. The standard InChI is InChI=1S/C14H19N3OS3/c1-8(19-4)5-15-11(18)6-20-13-12-9(2)10(3)21-14(12)17-7-16-13/h7-8H,5-6H2,1-4H3,(H,15,18). The zero-order valence-electron chi connectivity index (χ0n) is 12.6. The largest absolute Gasteiger partial charge is 0.354 e. The van der Waals surface area contributed by atoms with Crippen molar-refractivity contribution in [3.8, 4) is 0 Å². The van der Waals surface area contributed by atoms with Crippen LogP contribution in [0.3, 0.4) is 0 Å². The van der Waals surface area contributed by atoms with Gasteiger partial charge in [0.1, 0.15) is 16.2 Å². The molecular formula is C14H19N3OS3. The molecular weight excluding hydrogens is 322 g/mol. The summed E-state index contributed by atoms with van der Waals surface area (Å²) >= 11 is 4.91. The summed E-state index contributed by atoms with van der Waals surface area (Å²) in [5, 5.41) is 5.38. The first-order valence-corrected chi connectivity index (χ1v) is 9.75. The quantitative estimate of drug-likeness (QED) is 0.645. The van der Waals surface area contributed by atoms with E-state index in [1.807, 2.05) is 6.26 Å². The van der Waals surface area contributed by atoms with E-state index < -0.39 is 0 Å². The van der Waals surface area contributed by atoms with Gasteiger partial charge in [-0.05, 0) is 25.7 Å². The highest BCUT2D eigenvalue weighted by molar-refractivity contribution is 8.00. The molecule has 2 aromatic rings. The van der Waals surface area contributed by atoms with Crippen molar-refractivity contribution in [2.75, 3.05) is 18.6 Å². The number of nitrogens with one attached hydrogen (secondary N) is 1. The van der Waals surface area contributed by atoms with Gasteiger partial charge in [-0.25, -0.2) is 9.97 Å². The van der Waals surface area contributed by atoms with Crippen LogP contribution in [0.5, 0.6) is 0 Å². The average Bonchev–Trinajstić information content (AvgIpc) is 2.78. The molecule has 114 valence electrons. The van der Waals surface area contributed by atoms with Gasteiger partial charge in [-0.3, -0.25) is 4.79 Å². The van der Waals surface area contributed by atoms with Crippen LogP contribution in [0.15, 0.2) is 11.4 Å². The van der Waals surface area contributed by atoms with Gasteiger partial charge in [0.25, 0.3) is 0 Å². The number of carbonyl (C=O) groups is 1. The molecule has 1 atom stereocenters. The molecule has 0 aliphatic carbocycles. The molecule has 4 nitrogen and oxygen atoms in total. The molecule has 0 aliphatic heterocycles. The Morgan fingerprint density at radius 2 is 2.19 bits per heavy atom. The number of aryl methyl sites for hydroxylation is 2. The second-order valence-electron chi connectivity index (χ2n) is 4.78. The highest BCUT2D eigenvalue weighted by Gasteiger charge is 2.13. The SMILES string of the molecule is CSC(C)CNC(=O)CSc1ncnc2sc(C)c(C)c12. The molecule has 0 saturated carbocycles. The molecule has 2 heterocycles. The second-order valence-corrected chi connectivity index (χ2v) is 8.22. The first-order chi connectivity index (χ1) is 10.0. The Balaban J connectivity index is 2.02. The molecule has 0 aliphatic rings. The number of hydrogen-bond acceptors (Lipinski definition) is 6. The minimum atomic E-state index is 0.0530. The fraction of sp³-hybridized carbons (Fsp3) is 0.500. The molecule has 0 aromatic carbocycles. The lowest BCUT2D eigenvalue weighted by Gasteiger charge is -2.09. The second kappa shape index (κ2) is 7.47. The van der Waals surface area contributed by atoms with Gasteiger partial charge in [-0.15, -0.1) is 11.3 Å². The maximum atomic E-state index is 11.9. The van der Waals surface area contributed by atoms with Gasteiger partial charge in [0.05, 0.1) is 5.75 Å². The lowest BCUT2D eigenvalue weighted by Crippen LogP contribution is -2.30. The van der Waals surface area contributed by atoms with Crippen molar-refractivity contribution in [2.45, 2.75) is 31.0 Å². The number of thiophene rings is 1. The zero-order chi connectivity index (χ0) is 15.4. The normalized spacial score (nSPS) is 12.6. The third-order valence-corrected chi connectivity index (χ3v) is 6.34. The lowest BCUT2D eigenvalue weighted by molar-refractivity contribution is -0.118. The van der Waals surface area contributed by atoms with Crippen LogP contribution in [0.25, 0.3) is 10.2 Å². The summed E-state index contributed by atoms with van der Waals surface area (Å²) in [6, 6.07) is 0. The number of amides is 1. The van der Waals surface area contributed by atoms with E-state index in [1.165, 1.54) is 22.2 Å². The van der Waals surface area contributed by atoms with Gasteiger partial charge in [-0.2, -0.15) is 11.8 Å². The van der Waals surface area contributed by atoms with Crippen LogP contribution in [0.2, 0.25) is 0 Å². The number of nitrogens with zero attached hydrogens (tertiary/aromatic N) is 2. The van der Waals surface area contributed by atoms with Gasteiger partial charge >= 0.3 is 0 Å². The Kier molecular flexibility index (Phi) is 5.89. The Morgan fingerprint density at radius 3 is 2.90 bits per heavy atom. The summed E-state index contributed by atoms with van der Waals surface area (Å²) < 4.78 is 0. The van der Waals surface area contributed by atoms with E-state index in [-0.39, 0.29) is 5.91 Å². The van der Waals surface area contributed by atoms with E-state index in [1.54, 1.807) is 29.4 Å². The molecule has 0 saturated heterocycles. The van der Waals surface area contributed by atoms with E-state index in [2.05, 4.69) is 36.1 Å². The first kappa shape index (κ1) is 16.6. The molecule has 21 heavy (non-hydrogen) atoms. The molecule has 0 fully saturated rings. The molecule has 7 heteroatoms. The zero-order valence-corrected chi connectivity index (χ0v) is 15.0. The van der Waals surface area contributed by atoms with Crippen LogP contribution in [-0.4, -0.2) is 39.7 Å². The summed E-state index contributed by atoms with van der Waals surface area (Å²) in [6.45, 7) is 6.98. The predicted molar refractivity (Wildman–Crippen MR) is 93.6 cm³/mol. The van der Waals surface area contributed by atoms with Gasteiger partial charge in [0.2, 0.25) is 5.91 Å². The van der Waals surface area contributed by atoms with E-state index in [0.29, 0.717) is 17.5 Å². The van der Waals surface area contributed by atoms with Gasteiger partial charge in [0, 0.05) is 22.1 Å². The van der Waals surface area contributed by atoms with Crippen LogP contribution in [0.4, 0.5) is 0 Å². The summed E-state index contributed by atoms with van der Waals surface area (Å²) in [6.07, 6.45) is 3.62. The molecule has 0 radical (unpaired) electrons. The Labute approximate surface area is 137 Å². The van der Waals surface area contributed by atoms with Gasteiger partial charge in [-0.1, -0.05) is 18.7 Å². The van der Waals surface area contributed by atoms with Crippen LogP contribution in [0, 0.1) is 13.8 Å². The number of thioether (sulfide) groups is 2. The lowest BCUT2D eigenvalue weighted by atomic mass is 10.2. The van der Waals surface area contributed by atoms with Crippen molar-refractivity contribution in [1.29, 1.82) is 0 Å². The minimum Gasteiger partial charge on any atom is -0.354 e. The molecule has 1 N–H and O–H groups in total. The van der Waals surface area contributed by atoms with Crippen molar-refractivity contribution in [2.24, 2.45) is 0 Å². The molecule has 2 rings (SSSR count). The van der Waals surface area contributed by atoms with E-state index in [4.69, 9.17) is 0 Å². The average molecular weight is 342 g/mol. The maximum absolute atomic E-state index is 11.9. The maximum Gasteiger partial charge on any atom is 0.230 e. The third-order valence-electron chi connectivity index (χ3n) is 3.26. The minimum absolute atomic E-state index is 0.0530. The van der Waals surface area contributed by atoms with E-state index >= 15 is 0 Å². The van der Waals surface area contributed by atoms with Crippen LogP contribution in [-0.2, 0) is 4.79 Å². The van der Waals surface area contributed by atoms with Crippen LogP contribution < -0.4 is 5.32 Å². The monoisotopic (exact) mass is 341 g/mol. The predicted octanol–water partition coefficient (Wildman–Crippen LogP) is 3.27. The molecule has 0 bridgehead atoms. The highest BCUT2D eigenvalue weighted by atomic mass is 32.2. The molecule has 2 aromatic heterocycles. The Morgan fingerprint density at radius 1 is 1.43 bits per heavy atom. The van der Waals surface area contributed by atoms with Crippen molar-refractivity contribution in [3.63, 3.8) is 0 Å². The summed E-state index contributed by atoms with van der Waals surface area (Å²) in [5.41, 5.74) is 1.22. The van der Waals surface area contributed by atoms with Gasteiger partial charge < -0.3 is 5.32 Å². The van der Waals surface area contributed by atoms with Crippen molar-refractivity contribution in [3.05, 3.63) is 16.8 Å². The number of aromatic nitrogens is 2. The number of hydrogen-bond donors (Lipinski definition) is 1. The first-order valence-electron chi connectivity index (χ1n) is 6.66. The molecule has 1 amide bonds.